The third kappa shape index (κ3) is 3.16. The minimum absolute atomic E-state index is 0.492. The van der Waals surface area contributed by atoms with Crippen molar-refractivity contribution in [2.24, 2.45) is 0 Å². The molecule has 1 N–H and O–H groups in total. The molecule has 6 heteroatoms. The molecule has 4 rings (SSSR count). The van der Waals surface area contributed by atoms with Gasteiger partial charge in [-0.25, -0.2) is 0 Å². The summed E-state index contributed by atoms with van der Waals surface area (Å²) < 4.78 is 2.76. The molecule has 0 spiro atoms. The summed E-state index contributed by atoms with van der Waals surface area (Å²) in [5, 5.41) is 3.69. The monoisotopic (exact) mass is 414 g/mol. The van der Waals surface area contributed by atoms with E-state index in [1.807, 2.05) is 0 Å². The Morgan fingerprint density at radius 3 is 2.82 bits per heavy atom. The molecule has 0 unspecified atom stereocenters. The van der Waals surface area contributed by atoms with Gasteiger partial charge in [-0.05, 0) is 7.05 Å². The second-order valence-electron chi connectivity index (χ2n) is 6.78. The molecule has 4 heterocycles. The molecule has 1 aromatic rings. The summed E-state index contributed by atoms with van der Waals surface area (Å²) in [7, 11) is 2.27. The minimum atomic E-state index is 0.492. The summed E-state index contributed by atoms with van der Waals surface area (Å²) in [5.74, 6) is 1.77. The summed E-state index contributed by atoms with van der Waals surface area (Å²) in [6.45, 7) is 5.62. The van der Waals surface area contributed by atoms with Crippen LogP contribution in [0.15, 0.2) is 12.4 Å². The van der Waals surface area contributed by atoms with Crippen LogP contribution in [-0.4, -0.2) is 73.9 Å². The second kappa shape index (κ2) is 6.67. The molecule has 22 heavy (non-hydrogen) atoms. The van der Waals surface area contributed by atoms with Gasteiger partial charge in [-0.15, -0.1) is 0 Å². The molecule has 5 nitrogen and oxygen atoms in total. The predicted octanol–water partition coefficient (Wildman–Crippen LogP) is -2.86. The molecule has 0 bridgehead atoms. The van der Waals surface area contributed by atoms with E-state index >= 15 is 0 Å². The van der Waals surface area contributed by atoms with Crippen molar-refractivity contribution in [3.05, 3.63) is 23.8 Å². The number of hydrogen-bond acceptors (Lipinski definition) is 5. The molecule has 2 atom stereocenters. The quantitative estimate of drug-likeness (QED) is 0.426. The van der Waals surface area contributed by atoms with Crippen LogP contribution in [0.5, 0.6) is 0 Å². The number of likely N-dealkylation sites (tertiary alicyclic amines) is 1. The Hall–Kier alpha value is -0.310. The maximum absolute atomic E-state index is 4.62. The Bertz CT molecular complexity index is 504. The third-order valence-corrected chi connectivity index (χ3v) is 8.56. The van der Waals surface area contributed by atoms with Crippen molar-refractivity contribution in [2.45, 2.75) is 31.0 Å². The van der Waals surface area contributed by atoms with Crippen LogP contribution in [0.1, 0.15) is 23.7 Å². The average Bonchev–Trinajstić information content (AvgIpc) is 2.48. The Kier molecular flexibility index (Phi) is 4.61. The van der Waals surface area contributed by atoms with Crippen LogP contribution in [0.4, 0.5) is 0 Å². The number of nitrogens with one attached hydrogen (secondary N) is 1. The number of alkyl halides is 2. The van der Waals surface area contributed by atoms with Gasteiger partial charge in [0.1, 0.15) is 0 Å². The first kappa shape index (κ1) is 15.2. The van der Waals surface area contributed by atoms with E-state index in [0.717, 1.165) is 25.5 Å². The van der Waals surface area contributed by atoms with Crippen LogP contribution < -0.4 is 26.5 Å². The normalized spacial score (nSPS) is 31.1. The van der Waals surface area contributed by atoms with Crippen molar-refractivity contribution in [2.75, 3.05) is 42.1 Å². The number of fused-ring (bicyclic) bond motifs is 1. The van der Waals surface area contributed by atoms with Crippen molar-refractivity contribution in [3.8, 4) is 0 Å². The molecular weight excluding hydrogens is 389 g/mol. The molecule has 3 aliphatic rings. The van der Waals surface area contributed by atoms with Gasteiger partial charge in [-0.3, -0.25) is 0 Å². The molecular formula is C16H25IN5-. The molecule has 3 fully saturated rings. The van der Waals surface area contributed by atoms with Crippen molar-refractivity contribution in [1.29, 1.82) is 0 Å². The van der Waals surface area contributed by atoms with E-state index in [1.165, 1.54) is 33.9 Å². The van der Waals surface area contributed by atoms with Crippen LogP contribution >= 0.6 is 0 Å². The molecule has 0 radical (unpaired) electrons. The van der Waals surface area contributed by atoms with Crippen LogP contribution in [0.3, 0.4) is 0 Å². The number of piperazine rings is 1. The van der Waals surface area contributed by atoms with Gasteiger partial charge in [0, 0.05) is 6.54 Å². The first-order valence-electron chi connectivity index (χ1n) is 8.30. The molecule has 3 aliphatic heterocycles. The molecule has 0 aromatic carbocycles. The van der Waals surface area contributed by atoms with Gasteiger partial charge >= 0.3 is 130 Å². The second-order valence-corrected chi connectivity index (χ2v) is 9.62. The first-order chi connectivity index (χ1) is 10.8. The van der Waals surface area contributed by atoms with Gasteiger partial charge in [-0.2, -0.15) is 0 Å². The van der Waals surface area contributed by atoms with Gasteiger partial charge in [0.2, 0.25) is 0 Å². The van der Waals surface area contributed by atoms with E-state index in [2.05, 4.69) is 44.5 Å². The first-order valence-corrected chi connectivity index (χ1v) is 11.3. The third-order valence-electron chi connectivity index (χ3n) is 5.18. The Morgan fingerprint density at radius 1 is 1.27 bits per heavy atom. The molecule has 1 aromatic heterocycles. The van der Waals surface area contributed by atoms with Crippen LogP contribution in [0.25, 0.3) is 0 Å². The van der Waals surface area contributed by atoms with E-state index < -0.39 is 0 Å². The van der Waals surface area contributed by atoms with E-state index in [1.54, 1.807) is 0 Å². The van der Waals surface area contributed by atoms with Crippen molar-refractivity contribution >= 4 is 0 Å². The summed E-state index contributed by atoms with van der Waals surface area (Å²) in [6.07, 6.45) is 5.38. The van der Waals surface area contributed by atoms with E-state index in [9.17, 15) is 0 Å². The Labute approximate surface area is 143 Å². The van der Waals surface area contributed by atoms with Gasteiger partial charge in [0.25, 0.3) is 0 Å². The van der Waals surface area contributed by atoms with Crippen molar-refractivity contribution in [1.82, 2.24) is 25.1 Å². The number of rotatable bonds is 3. The van der Waals surface area contributed by atoms with Crippen LogP contribution in [0.2, 0.25) is 0 Å². The topological polar surface area (TPSA) is 44.3 Å². The summed E-state index contributed by atoms with van der Waals surface area (Å²) >= 11 is 0.492. The van der Waals surface area contributed by atoms with Crippen LogP contribution in [-0.2, 0) is 6.54 Å². The Balaban J connectivity index is 1.35. The molecule has 122 valence electrons. The van der Waals surface area contributed by atoms with E-state index in [0.29, 0.717) is 39.2 Å². The number of likely N-dealkylation sites (N-methyl/N-ethyl adjacent to an activating group) is 1. The summed E-state index contributed by atoms with van der Waals surface area (Å²) in [5.41, 5.74) is 1.26. The van der Waals surface area contributed by atoms with Crippen molar-refractivity contribution < 1.29 is 21.2 Å². The van der Waals surface area contributed by atoms with Crippen molar-refractivity contribution in [3.63, 3.8) is 0 Å². The number of hydrogen-bond donors (Lipinski definition) is 1. The fourth-order valence-corrected chi connectivity index (χ4v) is 5.78. The van der Waals surface area contributed by atoms with E-state index in [4.69, 9.17) is 0 Å². The van der Waals surface area contributed by atoms with Gasteiger partial charge in [0.05, 0.1) is 0 Å². The average molecular weight is 414 g/mol. The zero-order valence-electron chi connectivity index (χ0n) is 13.2. The number of nitrogens with zero attached hydrogens (tertiary/aromatic N) is 4. The zero-order chi connectivity index (χ0) is 14.9. The molecule has 0 aliphatic carbocycles. The molecule has 3 saturated heterocycles. The van der Waals surface area contributed by atoms with E-state index in [-0.39, 0.29) is 0 Å². The molecule has 0 amide bonds. The SMILES string of the molecule is CN1CCN[C@H]2CN(Cc3cnc(C4C[I-]C4)nc3)CC[C@@H]21. The standard InChI is InChI=1S/C16H25IN5/c1-21-5-3-18-14-11-22(4-2-15(14)21)10-12-8-19-16(20-9-12)13-6-17-7-13/h8-9,13-15,18H,2-7,10-11H2,1H3/q-1/t14-,15-/m0/s1. The number of piperidine rings is 1. The summed E-state index contributed by atoms with van der Waals surface area (Å²) in [6, 6.07) is 1.33. The number of aromatic nitrogens is 2. The van der Waals surface area contributed by atoms with Crippen LogP contribution in [0, 0.1) is 0 Å². The maximum atomic E-state index is 4.62. The predicted molar refractivity (Wildman–Crippen MR) is 82.6 cm³/mol. The van der Waals surface area contributed by atoms with Gasteiger partial charge in [-0.1, -0.05) is 0 Å². The fourth-order valence-electron chi connectivity index (χ4n) is 3.74. The Morgan fingerprint density at radius 2 is 2.09 bits per heavy atom. The van der Waals surface area contributed by atoms with Gasteiger partial charge < -0.3 is 0 Å². The number of halogens is 1. The van der Waals surface area contributed by atoms with Gasteiger partial charge in [0.15, 0.2) is 0 Å². The summed E-state index contributed by atoms with van der Waals surface area (Å²) in [4.78, 5) is 14.3. The zero-order valence-corrected chi connectivity index (χ0v) is 15.4. The fraction of sp³-hybridized carbons (Fsp3) is 0.750. The molecule has 0 saturated carbocycles.